The summed E-state index contributed by atoms with van der Waals surface area (Å²) in [5.41, 5.74) is 0. The van der Waals surface area contributed by atoms with E-state index in [0.29, 0.717) is 5.75 Å². The fourth-order valence-corrected chi connectivity index (χ4v) is 9.20. The largest absolute Gasteiger partial charge is 0.707 e. The van der Waals surface area contributed by atoms with Crippen LogP contribution in [0.3, 0.4) is 0 Å². The Morgan fingerprint density at radius 2 is 1.08 bits per heavy atom. The first kappa shape index (κ1) is 26.9. The van der Waals surface area contributed by atoms with Gasteiger partial charge in [0.05, 0.1) is 30.2 Å². The SMILES string of the molecule is CC[P+](CC)(c1ccccc1)c1ccccc1.OB(O)Oc1cccc2ccc3cc4ccccc4cc3c12. The van der Waals surface area contributed by atoms with Gasteiger partial charge in [-0.05, 0) is 83.2 Å². The van der Waals surface area contributed by atoms with Gasteiger partial charge in [-0.25, -0.2) is 0 Å². The van der Waals surface area contributed by atoms with Crippen LogP contribution in [0.15, 0.2) is 127 Å². The molecule has 0 bridgehead atoms. The van der Waals surface area contributed by atoms with Gasteiger partial charge in [-0.1, -0.05) is 84.9 Å². The van der Waals surface area contributed by atoms with E-state index < -0.39 is 14.6 Å². The topological polar surface area (TPSA) is 49.7 Å². The lowest BCUT2D eigenvalue weighted by molar-refractivity contribution is 0.289. The summed E-state index contributed by atoms with van der Waals surface area (Å²) in [5.74, 6) is 0.466. The highest BCUT2D eigenvalue weighted by atomic mass is 31.2. The summed E-state index contributed by atoms with van der Waals surface area (Å²) in [6.07, 6.45) is 2.50. The van der Waals surface area contributed by atoms with Gasteiger partial charge in [0.1, 0.15) is 5.75 Å². The highest BCUT2D eigenvalue weighted by Gasteiger charge is 2.38. The van der Waals surface area contributed by atoms with E-state index in [0.717, 1.165) is 26.9 Å². The van der Waals surface area contributed by atoms with Crippen LogP contribution in [0.25, 0.3) is 32.3 Å². The van der Waals surface area contributed by atoms with Gasteiger partial charge in [0.25, 0.3) is 0 Å². The van der Waals surface area contributed by atoms with Crippen LogP contribution in [-0.2, 0) is 0 Å². The van der Waals surface area contributed by atoms with Crippen LogP contribution in [0.5, 0.6) is 5.75 Å². The molecule has 194 valence electrons. The number of hydrogen-bond acceptors (Lipinski definition) is 3. The molecule has 0 heterocycles. The van der Waals surface area contributed by atoms with Crippen molar-refractivity contribution >= 4 is 57.5 Å². The van der Waals surface area contributed by atoms with Gasteiger partial charge < -0.3 is 14.7 Å². The van der Waals surface area contributed by atoms with E-state index in [2.05, 4.69) is 105 Å². The van der Waals surface area contributed by atoms with E-state index in [1.165, 1.54) is 28.3 Å². The normalized spacial score (nSPS) is 11.3. The molecule has 0 saturated heterocycles. The third-order valence-electron chi connectivity index (χ3n) is 7.50. The molecular formula is C34H33BO3P+. The molecule has 6 aromatic rings. The molecule has 0 fully saturated rings. The fraction of sp³-hybridized carbons (Fsp3) is 0.118. The third kappa shape index (κ3) is 5.56. The van der Waals surface area contributed by atoms with Crippen LogP contribution in [0.4, 0.5) is 0 Å². The van der Waals surface area contributed by atoms with Gasteiger partial charge in [0, 0.05) is 5.39 Å². The Labute approximate surface area is 231 Å². The molecule has 0 amide bonds. The summed E-state index contributed by atoms with van der Waals surface area (Å²) in [7, 11) is -2.99. The molecule has 0 aromatic heterocycles. The summed E-state index contributed by atoms with van der Waals surface area (Å²) in [5, 5.41) is 27.7. The lowest BCUT2D eigenvalue weighted by Crippen LogP contribution is -2.25. The summed E-state index contributed by atoms with van der Waals surface area (Å²) in [6.45, 7) is 4.66. The second-order valence-corrected chi connectivity index (χ2v) is 13.8. The number of benzene rings is 6. The lowest BCUT2D eigenvalue weighted by Gasteiger charge is -2.24. The molecule has 0 saturated carbocycles. The number of fused-ring (bicyclic) bond motifs is 4. The van der Waals surface area contributed by atoms with E-state index >= 15 is 0 Å². The number of hydrogen-bond donors (Lipinski definition) is 2. The van der Waals surface area contributed by atoms with E-state index in [1.807, 2.05) is 30.3 Å². The van der Waals surface area contributed by atoms with Gasteiger partial charge in [0.15, 0.2) is 0 Å². The Balaban J connectivity index is 0.000000164. The van der Waals surface area contributed by atoms with Crippen LogP contribution in [0, 0.1) is 0 Å². The summed E-state index contributed by atoms with van der Waals surface area (Å²) < 4.78 is 5.16. The molecule has 6 aromatic carbocycles. The van der Waals surface area contributed by atoms with E-state index in [4.69, 9.17) is 14.7 Å². The van der Waals surface area contributed by atoms with Crippen molar-refractivity contribution in [2.75, 3.05) is 12.3 Å². The Kier molecular flexibility index (Phi) is 8.28. The van der Waals surface area contributed by atoms with Crippen LogP contribution in [-0.4, -0.2) is 29.7 Å². The first-order chi connectivity index (χ1) is 19.1. The van der Waals surface area contributed by atoms with E-state index in [-0.39, 0.29) is 0 Å². The Bertz CT molecular complexity index is 1640. The maximum absolute atomic E-state index is 9.14. The lowest BCUT2D eigenvalue weighted by atomic mass is 9.97. The van der Waals surface area contributed by atoms with Crippen LogP contribution < -0.4 is 15.3 Å². The minimum absolute atomic E-state index is 0.466. The monoisotopic (exact) mass is 531 g/mol. The molecule has 0 radical (unpaired) electrons. The quantitative estimate of drug-likeness (QED) is 0.104. The molecule has 0 atom stereocenters. The van der Waals surface area contributed by atoms with Crippen molar-refractivity contribution in [2.45, 2.75) is 13.8 Å². The van der Waals surface area contributed by atoms with E-state index in [9.17, 15) is 0 Å². The van der Waals surface area contributed by atoms with Crippen molar-refractivity contribution in [1.29, 1.82) is 0 Å². The van der Waals surface area contributed by atoms with Gasteiger partial charge >= 0.3 is 7.32 Å². The van der Waals surface area contributed by atoms with Gasteiger partial charge in [-0.3, -0.25) is 0 Å². The highest BCUT2D eigenvalue weighted by molar-refractivity contribution is 7.89. The molecule has 0 aliphatic carbocycles. The molecular weight excluding hydrogens is 498 g/mol. The molecule has 6 rings (SSSR count). The second kappa shape index (κ2) is 12.0. The van der Waals surface area contributed by atoms with Crippen LogP contribution in [0.1, 0.15) is 13.8 Å². The standard InChI is InChI=1S/C18H13BO3.C16H20P/c20-19(21)22-17-7-3-6-12-8-9-15-10-13-4-1-2-5-14(13)11-16(15)18(12)17;1-3-17(4-2,15-11-7-5-8-12-15)16-13-9-6-10-14-16/h1-11,20-21H;5-14H,3-4H2,1-2H3/q;+1. The zero-order valence-corrected chi connectivity index (χ0v) is 23.3. The Morgan fingerprint density at radius 3 is 1.64 bits per heavy atom. The number of rotatable bonds is 6. The molecule has 0 spiro atoms. The van der Waals surface area contributed by atoms with Crippen molar-refractivity contribution < 1.29 is 14.7 Å². The van der Waals surface area contributed by atoms with Crippen molar-refractivity contribution in [2.24, 2.45) is 0 Å². The first-order valence-electron chi connectivity index (χ1n) is 13.4. The molecule has 39 heavy (non-hydrogen) atoms. The zero-order valence-electron chi connectivity index (χ0n) is 22.4. The minimum atomic E-state index is -1.83. The molecule has 2 N–H and O–H groups in total. The van der Waals surface area contributed by atoms with Crippen LogP contribution >= 0.6 is 7.26 Å². The maximum atomic E-state index is 9.14. The molecule has 0 aliphatic rings. The summed E-state index contributed by atoms with van der Waals surface area (Å²) in [4.78, 5) is 0. The molecule has 3 nitrogen and oxygen atoms in total. The van der Waals surface area contributed by atoms with Gasteiger partial charge in [-0.2, -0.15) is 0 Å². The maximum Gasteiger partial charge on any atom is 0.707 e. The smallest absolute Gasteiger partial charge is 0.511 e. The highest BCUT2D eigenvalue weighted by Crippen LogP contribution is 2.55. The first-order valence-corrected chi connectivity index (χ1v) is 15.6. The second-order valence-electron chi connectivity index (χ2n) is 9.56. The average Bonchev–Trinajstić information content (AvgIpc) is 2.98. The molecule has 0 aliphatic heterocycles. The predicted octanol–water partition coefficient (Wildman–Crippen LogP) is 7.19. The predicted molar refractivity (Wildman–Crippen MR) is 170 cm³/mol. The van der Waals surface area contributed by atoms with Crippen LogP contribution in [0.2, 0.25) is 0 Å². The van der Waals surface area contributed by atoms with Crippen molar-refractivity contribution in [3.05, 3.63) is 127 Å². The van der Waals surface area contributed by atoms with E-state index in [1.54, 1.807) is 6.07 Å². The van der Waals surface area contributed by atoms with Gasteiger partial charge in [-0.15, -0.1) is 0 Å². The zero-order chi connectivity index (χ0) is 27.2. The Hall–Kier alpha value is -3.69. The fourth-order valence-electron chi connectivity index (χ4n) is 5.51. The molecule has 0 unspecified atom stereocenters. The third-order valence-corrected chi connectivity index (χ3v) is 12.2. The van der Waals surface area contributed by atoms with Crippen molar-refractivity contribution in [1.82, 2.24) is 0 Å². The van der Waals surface area contributed by atoms with Crippen molar-refractivity contribution in [3.63, 3.8) is 0 Å². The minimum Gasteiger partial charge on any atom is -0.511 e. The summed E-state index contributed by atoms with van der Waals surface area (Å²) in [6, 6.07) is 44.2. The summed E-state index contributed by atoms with van der Waals surface area (Å²) >= 11 is 0. The molecule has 5 heteroatoms. The van der Waals surface area contributed by atoms with Gasteiger partial charge in [0.2, 0.25) is 0 Å². The average molecular weight is 531 g/mol. The van der Waals surface area contributed by atoms with Crippen molar-refractivity contribution in [3.8, 4) is 5.75 Å². The Morgan fingerprint density at radius 1 is 0.564 bits per heavy atom.